The fourth-order valence-electron chi connectivity index (χ4n) is 0.554. The average Bonchev–Trinajstić information content (AvgIpc) is 2.34. The number of primary amides is 1. The molecule has 0 saturated carbocycles. The standard InChI is InChI=1S/C6H4BrNO2S/c7-3-1-4(11-2-3)5(9)6(8)10/h1-2H,(H2,8,10). The molecule has 0 aliphatic rings. The van der Waals surface area contributed by atoms with Crippen LogP contribution in [0.1, 0.15) is 9.67 Å². The molecule has 0 bridgehead atoms. The van der Waals surface area contributed by atoms with Crippen LogP contribution in [-0.4, -0.2) is 11.7 Å². The molecule has 0 aliphatic carbocycles. The second-order valence-corrected chi connectivity index (χ2v) is 3.65. The Morgan fingerprint density at radius 1 is 1.55 bits per heavy atom. The van der Waals surface area contributed by atoms with Crippen molar-refractivity contribution in [2.45, 2.75) is 0 Å². The first-order valence-electron chi connectivity index (χ1n) is 2.69. The summed E-state index contributed by atoms with van der Waals surface area (Å²) in [5.74, 6) is -1.56. The highest BCUT2D eigenvalue weighted by Gasteiger charge is 2.13. The van der Waals surface area contributed by atoms with Crippen LogP contribution in [0, 0.1) is 0 Å². The van der Waals surface area contributed by atoms with E-state index in [1.807, 2.05) is 0 Å². The maximum atomic E-state index is 10.9. The van der Waals surface area contributed by atoms with E-state index in [9.17, 15) is 9.59 Å². The van der Waals surface area contributed by atoms with Crippen LogP contribution in [0.3, 0.4) is 0 Å². The van der Waals surface area contributed by atoms with Crippen LogP contribution in [0.25, 0.3) is 0 Å². The Morgan fingerprint density at radius 3 is 2.55 bits per heavy atom. The van der Waals surface area contributed by atoms with Crippen molar-refractivity contribution in [3.05, 3.63) is 20.8 Å². The van der Waals surface area contributed by atoms with E-state index in [1.54, 1.807) is 11.4 Å². The number of rotatable bonds is 2. The number of ketones is 1. The zero-order valence-corrected chi connectivity index (χ0v) is 7.74. The molecule has 0 aliphatic heterocycles. The van der Waals surface area contributed by atoms with Crippen molar-refractivity contribution in [2.75, 3.05) is 0 Å². The number of nitrogens with two attached hydrogens (primary N) is 1. The number of Topliss-reactive ketones (excluding diaryl/α,β-unsaturated/α-hetero) is 1. The van der Waals surface area contributed by atoms with Crippen molar-refractivity contribution in [3.63, 3.8) is 0 Å². The summed E-state index contributed by atoms with van der Waals surface area (Å²) in [5, 5.41) is 1.72. The molecule has 0 aromatic carbocycles. The highest BCUT2D eigenvalue weighted by Crippen LogP contribution is 2.19. The monoisotopic (exact) mass is 233 g/mol. The van der Waals surface area contributed by atoms with Crippen molar-refractivity contribution in [1.82, 2.24) is 0 Å². The lowest BCUT2D eigenvalue weighted by atomic mass is 10.3. The second kappa shape index (κ2) is 3.15. The van der Waals surface area contributed by atoms with Gasteiger partial charge in [-0.2, -0.15) is 0 Å². The van der Waals surface area contributed by atoms with Gasteiger partial charge in [0.1, 0.15) is 0 Å². The molecule has 0 spiro atoms. The topological polar surface area (TPSA) is 60.2 Å². The molecular weight excluding hydrogens is 230 g/mol. The van der Waals surface area contributed by atoms with Crippen molar-refractivity contribution in [1.29, 1.82) is 0 Å². The lowest BCUT2D eigenvalue weighted by Crippen LogP contribution is -2.21. The minimum atomic E-state index is -0.917. The SMILES string of the molecule is NC(=O)C(=O)c1cc(Br)cs1. The van der Waals surface area contributed by atoms with Crippen LogP contribution in [0.2, 0.25) is 0 Å². The zero-order valence-electron chi connectivity index (χ0n) is 5.33. The molecule has 1 rings (SSSR count). The number of hydrogen-bond acceptors (Lipinski definition) is 3. The molecular formula is C6H4BrNO2S. The van der Waals surface area contributed by atoms with E-state index < -0.39 is 11.7 Å². The number of hydrogen-bond donors (Lipinski definition) is 1. The van der Waals surface area contributed by atoms with Gasteiger partial charge in [-0.05, 0) is 22.0 Å². The minimum absolute atomic E-state index is 0.365. The number of carbonyl (C=O) groups is 2. The van der Waals surface area contributed by atoms with Gasteiger partial charge in [0.15, 0.2) is 0 Å². The van der Waals surface area contributed by atoms with Gasteiger partial charge in [-0.1, -0.05) is 0 Å². The smallest absolute Gasteiger partial charge is 0.290 e. The van der Waals surface area contributed by atoms with Crippen molar-refractivity contribution in [3.8, 4) is 0 Å². The molecule has 1 amide bonds. The number of thiophene rings is 1. The van der Waals surface area contributed by atoms with Crippen LogP contribution in [0.5, 0.6) is 0 Å². The fourth-order valence-corrected chi connectivity index (χ4v) is 1.92. The molecule has 1 heterocycles. The predicted molar refractivity (Wildman–Crippen MR) is 45.5 cm³/mol. The van der Waals surface area contributed by atoms with Gasteiger partial charge in [0.25, 0.3) is 11.7 Å². The summed E-state index contributed by atoms with van der Waals surface area (Å²) >= 11 is 4.34. The van der Waals surface area contributed by atoms with Crippen LogP contribution < -0.4 is 5.73 Å². The maximum absolute atomic E-state index is 10.9. The normalized spacial score (nSPS) is 9.55. The number of carbonyl (C=O) groups excluding carboxylic acids is 2. The molecule has 1 aromatic rings. The highest BCUT2D eigenvalue weighted by molar-refractivity contribution is 9.10. The molecule has 0 unspecified atom stereocenters. The Bertz CT molecular complexity index is 307. The molecule has 0 fully saturated rings. The van der Waals surface area contributed by atoms with Gasteiger partial charge in [-0.15, -0.1) is 11.3 Å². The Kier molecular flexibility index (Phi) is 2.41. The molecule has 11 heavy (non-hydrogen) atoms. The Morgan fingerprint density at radius 2 is 2.18 bits per heavy atom. The Hall–Kier alpha value is -0.680. The molecule has 3 nitrogen and oxygen atoms in total. The second-order valence-electron chi connectivity index (χ2n) is 1.82. The average molecular weight is 234 g/mol. The Balaban J connectivity index is 2.94. The van der Waals surface area contributed by atoms with E-state index in [1.165, 1.54) is 11.3 Å². The summed E-state index contributed by atoms with van der Waals surface area (Å²) in [5.41, 5.74) is 4.78. The summed E-state index contributed by atoms with van der Waals surface area (Å²) in [6.07, 6.45) is 0. The van der Waals surface area contributed by atoms with Gasteiger partial charge in [-0.3, -0.25) is 9.59 Å². The summed E-state index contributed by atoms with van der Waals surface area (Å²) in [6.45, 7) is 0. The largest absolute Gasteiger partial charge is 0.363 e. The van der Waals surface area contributed by atoms with Gasteiger partial charge in [0, 0.05) is 9.85 Å². The van der Waals surface area contributed by atoms with Crippen LogP contribution in [0.15, 0.2) is 15.9 Å². The zero-order chi connectivity index (χ0) is 8.43. The number of halogens is 1. The maximum Gasteiger partial charge on any atom is 0.290 e. The fraction of sp³-hybridized carbons (Fsp3) is 0. The van der Waals surface area contributed by atoms with Crippen molar-refractivity contribution >= 4 is 39.0 Å². The summed E-state index contributed by atoms with van der Waals surface area (Å²) in [7, 11) is 0. The van der Waals surface area contributed by atoms with E-state index in [0.717, 1.165) is 4.47 Å². The van der Waals surface area contributed by atoms with Gasteiger partial charge >= 0.3 is 0 Å². The third-order valence-electron chi connectivity index (χ3n) is 1.02. The lowest BCUT2D eigenvalue weighted by molar-refractivity contribution is -0.114. The van der Waals surface area contributed by atoms with Crippen LogP contribution in [0.4, 0.5) is 0 Å². The molecule has 0 atom stereocenters. The van der Waals surface area contributed by atoms with E-state index in [4.69, 9.17) is 5.73 Å². The quantitative estimate of drug-likeness (QED) is 0.616. The van der Waals surface area contributed by atoms with E-state index in [2.05, 4.69) is 15.9 Å². The first kappa shape index (κ1) is 8.42. The van der Waals surface area contributed by atoms with Gasteiger partial charge < -0.3 is 5.73 Å². The third-order valence-corrected chi connectivity index (χ3v) is 2.70. The van der Waals surface area contributed by atoms with Crippen LogP contribution >= 0.6 is 27.3 Å². The lowest BCUT2D eigenvalue weighted by Gasteiger charge is -1.86. The van der Waals surface area contributed by atoms with Crippen LogP contribution in [-0.2, 0) is 4.79 Å². The van der Waals surface area contributed by atoms with E-state index in [-0.39, 0.29) is 0 Å². The Labute approximate surface area is 75.3 Å². The van der Waals surface area contributed by atoms with Gasteiger partial charge in [0.05, 0.1) is 4.88 Å². The molecule has 5 heteroatoms. The van der Waals surface area contributed by atoms with Crippen molar-refractivity contribution < 1.29 is 9.59 Å². The summed E-state index contributed by atoms with van der Waals surface area (Å²) in [6, 6.07) is 1.57. The summed E-state index contributed by atoms with van der Waals surface area (Å²) in [4.78, 5) is 21.6. The molecule has 1 aromatic heterocycles. The first-order valence-corrected chi connectivity index (χ1v) is 4.36. The third kappa shape index (κ3) is 1.87. The van der Waals surface area contributed by atoms with Gasteiger partial charge in [0.2, 0.25) is 0 Å². The summed E-state index contributed by atoms with van der Waals surface area (Å²) < 4.78 is 0.784. The van der Waals surface area contributed by atoms with Crippen molar-refractivity contribution in [2.24, 2.45) is 5.73 Å². The molecule has 0 saturated heterocycles. The van der Waals surface area contributed by atoms with Gasteiger partial charge in [-0.25, -0.2) is 0 Å². The highest BCUT2D eigenvalue weighted by atomic mass is 79.9. The molecule has 58 valence electrons. The first-order chi connectivity index (χ1) is 5.11. The predicted octanol–water partition coefficient (Wildman–Crippen LogP) is 1.18. The van der Waals surface area contributed by atoms with E-state index >= 15 is 0 Å². The molecule has 2 N–H and O–H groups in total. The number of amides is 1. The molecule has 0 radical (unpaired) electrons. The van der Waals surface area contributed by atoms with E-state index in [0.29, 0.717) is 4.88 Å². The minimum Gasteiger partial charge on any atom is -0.363 e.